The molecule has 0 bridgehead atoms. The highest BCUT2D eigenvalue weighted by Crippen LogP contribution is 2.53. The van der Waals surface area contributed by atoms with E-state index in [4.69, 9.17) is 4.42 Å². The molecule has 0 aliphatic heterocycles. The molecule has 0 spiro atoms. The van der Waals surface area contributed by atoms with Crippen molar-refractivity contribution in [3.63, 3.8) is 0 Å². The van der Waals surface area contributed by atoms with Crippen LogP contribution in [-0.4, -0.2) is 10.9 Å². The van der Waals surface area contributed by atoms with Crippen molar-refractivity contribution in [2.24, 2.45) is 0 Å². The van der Waals surface area contributed by atoms with Gasteiger partial charge in [0.25, 0.3) is 5.91 Å². The van der Waals surface area contributed by atoms with E-state index in [9.17, 15) is 4.79 Å². The number of nitrogens with zero attached hydrogens (tertiary/aromatic N) is 1. The Kier molecular flexibility index (Phi) is 6.60. The number of carbonyl (C=O) groups excluding carboxylic acids is 1. The molecule has 5 aromatic rings. The zero-order valence-electron chi connectivity index (χ0n) is 18.3. The van der Waals surface area contributed by atoms with Crippen LogP contribution >= 0.6 is 23.1 Å². The molecule has 2 aromatic heterocycles. The van der Waals surface area contributed by atoms with E-state index in [2.05, 4.69) is 83.1 Å². The molecular formula is C28H22N2O2S2. The van der Waals surface area contributed by atoms with Crippen molar-refractivity contribution >= 4 is 29.0 Å². The van der Waals surface area contributed by atoms with E-state index in [1.807, 2.05) is 24.3 Å². The SMILES string of the molecule is O=C(NCc1ccco1)c1ncsc1SC(c1ccccc1)(c1ccccc1)c1ccccc1. The van der Waals surface area contributed by atoms with Gasteiger partial charge in [-0.1, -0.05) is 103 Å². The average Bonchev–Trinajstić information content (AvgIpc) is 3.60. The summed E-state index contributed by atoms with van der Waals surface area (Å²) in [4.78, 5) is 17.5. The lowest BCUT2D eigenvalue weighted by Gasteiger charge is -2.35. The summed E-state index contributed by atoms with van der Waals surface area (Å²) < 4.78 is 5.64. The molecular weight excluding hydrogens is 460 g/mol. The van der Waals surface area contributed by atoms with Gasteiger partial charge in [-0.05, 0) is 28.8 Å². The second kappa shape index (κ2) is 10.1. The first kappa shape index (κ1) is 22.2. The van der Waals surface area contributed by atoms with E-state index in [1.54, 1.807) is 29.6 Å². The van der Waals surface area contributed by atoms with Crippen LogP contribution in [0.3, 0.4) is 0 Å². The summed E-state index contributed by atoms with van der Waals surface area (Å²) in [6.07, 6.45) is 1.60. The Hall–Kier alpha value is -3.61. The first-order valence-electron chi connectivity index (χ1n) is 10.9. The average molecular weight is 483 g/mol. The number of aromatic nitrogens is 1. The summed E-state index contributed by atoms with van der Waals surface area (Å²) in [5.41, 5.74) is 5.55. The third-order valence-electron chi connectivity index (χ3n) is 5.54. The topological polar surface area (TPSA) is 55.1 Å². The van der Waals surface area contributed by atoms with Crippen molar-refractivity contribution in [3.8, 4) is 0 Å². The highest BCUT2D eigenvalue weighted by Gasteiger charge is 2.39. The van der Waals surface area contributed by atoms with Crippen molar-refractivity contribution < 1.29 is 9.21 Å². The molecule has 3 aromatic carbocycles. The first-order valence-corrected chi connectivity index (χ1v) is 12.6. The van der Waals surface area contributed by atoms with Crippen LogP contribution in [0, 0.1) is 0 Å². The van der Waals surface area contributed by atoms with Crippen molar-refractivity contribution in [1.82, 2.24) is 10.3 Å². The fourth-order valence-electron chi connectivity index (χ4n) is 3.96. The van der Waals surface area contributed by atoms with Gasteiger partial charge in [0, 0.05) is 0 Å². The number of benzene rings is 3. The Bertz CT molecular complexity index is 1240. The van der Waals surface area contributed by atoms with Gasteiger partial charge in [-0.3, -0.25) is 4.79 Å². The van der Waals surface area contributed by atoms with Gasteiger partial charge in [0.2, 0.25) is 0 Å². The lowest BCUT2D eigenvalue weighted by molar-refractivity contribution is 0.0941. The van der Waals surface area contributed by atoms with Crippen molar-refractivity contribution in [2.75, 3.05) is 0 Å². The van der Waals surface area contributed by atoms with Crippen LogP contribution in [0.5, 0.6) is 0 Å². The Labute approximate surface area is 206 Å². The Morgan fingerprint density at radius 2 is 1.38 bits per heavy atom. The van der Waals surface area contributed by atoms with Gasteiger partial charge >= 0.3 is 0 Å². The number of furan rings is 1. The van der Waals surface area contributed by atoms with E-state index >= 15 is 0 Å². The summed E-state index contributed by atoms with van der Waals surface area (Å²) >= 11 is 3.13. The predicted molar refractivity (Wildman–Crippen MR) is 137 cm³/mol. The second-order valence-corrected chi connectivity index (χ2v) is 9.97. The molecule has 6 heteroatoms. The van der Waals surface area contributed by atoms with Crippen LogP contribution in [0.15, 0.2) is 124 Å². The van der Waals surface area contributed by atoms with Gasteiger partial charge in [0.1, 0.15) is 5.76 Å². The van der Waals surface area contributed by atoms with Crippen molar-refractivity contribution in [2.45, 2.75) is 15.5 Å². The number of thioether (sulfide) groups is 1. The number of rotatable bonds is 8. The monoisotopic (exact) mass is 482 g/mol. The van der Waals surface area contributed by atoms with Gasteiger partial charge in [-0.25, -0.2) is 4.98 Å². The minimum absolute atomic E-state index is 0.219. The molecule has 0 atom stereocenters. The third-order valence-corrected chi connectivity index (χ3v) is 8.09. The van der Waals surface area contributed by atoms with Crippen LogP contribution in [0.2, 0.25) is 0 Å². The second-order valence-electron chi connectivity index (χ2n) is 7.63. The van der Waals surface area contributed by atoms with Crippen molar-refractivity contribution in [3.05, 3.63) is 143 Å². The molecule has 0 aliphatic carbocycles. The van der Waals surface area contributed by atoms with Gasteiger partial charge < -0.3 is 9.73 Å². The van der Waals surface area contributed by atoms with Gasteiger partial charge in [0.15, 0.2) is 5.69 Å². The van der Waals surface area contributed by atoms with E-state index in [0.29, 0.717) is 18.0 Å². The molecule has 2 heterocycles. The normalized spacial score (nSPS) is 11.3. The Morgan fingerprint density at radius 1 is 0.824 bits per heavy atom. The van der Waals surface area contributed by atoms with Crippen molar-refractivity contribution in [1.29, 1.82) is 0 Å². The molecule has 0 aliphatic rings. The minimum atomic E-state index is -0.563. The van der Waals surface area contributed by atoms with E-state index < -0.39 is 4.75 Å². The number of amides is 1. The molecule has 1 N–H and O–H groups in total. The lowest BCUT2D eigenvalue weighted by atomic mass is 9.84. The zero-order chi connectivity index (χ0) is 23.2. The summed E-state index contributed by atoms with van der Waals surface area (Å²) in [5, 5.41) is 2.93. The van der Waals surface area contributed by atoms with E-state index in [-0.39, 0.29) is 5.91 Å². The predicted octanol–water partition coefficient (Wildman–Crippen LogP) is 6.75. The van der Waals surface area contributed by atoms with E-state index in [1.165, 1.54) is 11.3 Å². The largest absolute Gasteiger partial charge is 0.467 e. The zero-order valence-corrected chi connectivity index (χ0v) is 19.9. The number of nitrogens with one attached hydrogen (secondary N) is 1. The molecule has 168 valence electrons. The lowest BCUT2D eigenvalue weighted by Crippen LogP contribution is -2.27. The minimum Gasteiger partial charge on any atom is -0.467 e. The highest BCUT2D eigenvalue weighted by molar-refractivity contribution is 8.02. The summed E-state index contributed by atoms with van der Waals surface area (Å²) in [6, 6.07) is 34.9. The molecule has 34 heavy (non-hydrogen) atoms. The number of thiazole rings is 1. The number of carbonyl (C=O) groups is 1. The summed E-state index contributed by atoms with van der Waals surface area (Å²) in [7, 11) is 0. The quantitative estimate of drug-likeness (QED) is 0.196. The maximum absolute atomic E-state index is 13.1. The molecule has 0 fully saturated rings. The standard InChI is InChI=1S/C28H22N2O2S2/c31-26(29-19-24-17-10-18-32-24)25-27(33-20-30-25)34-28(21-11-4-1-5-12-21,22-13-6-2-7-14-22)23-15-8-3-9-16-23/h1-18,20H,19H2,(H,29,31). The number of hydrogen-bond acceptors (Lipinski definition) is 5. The summed E-state index contributed by atoms with van der Waals surface area (Å²) in [5.74, 6) is 0.480. The first-order chi connectivity index (χ1) is 16.8. The molecule has 1 amide bonds. The number of hydrogen-bond donors (Lipinski definition) is 1. The van der Waals surface area contributed by atoms with Crippen LogP contribution in [-0.2, 0) is 11.3 Å². The Balaban J connectivity index is 1.59. The smallest absolute Gasteiger partial charge is 0.272 e. The van der Waals surface area contributed by atoms with Crippen LogP contribution in [0.1, 0.15) is 32.9 Å². The van der Waals surface area contributed by atoms with Gasteiger partial charge in [-0.2, -0.15) is 0 Å². The van der Waals surface area contributed by atoms with Gasteiger partial charge in [-0.15, -0.1) is 11.3 Å². The molecule has 4 nitrogen and oxygen atoms in total. The maximum atomic E-state index is 13.1. The molecule has 0 saturated heterocycles. The Morgan fingerprint density at radius 3 is 1.88 bits per heavy atom. The molecule has 5 rings (SSSR count). The molecule has 0 radical (unpaired) electrons. The fourth-order valence-corrected chi connectivity index (χ4v) is 6.45. The van der Waals surface area contributed by atoms with Crippen LogP contribution < -0.4 is 5.32 Å². The van der Waals surface area contributed by atoms with Gasteiger partial charge in [0.05, 0.1) is 27.3 Å². The third kappa shape index (κ3) is 4.42. The fraction of sp³-hybridized carbons (Fsp3) is 0.0714. The molecule has 0 unspecified atom stereocenters. The highest BCUT2D eigenvalue weighted by atomic mass is 32.2. The maximum Gasteiger partial charge on any atom is 0.272 e. The van der Waals surface area contributed by atoms with Crippen LogP contribution in [0.4, 0.5) is 0 Å². The molecule has 0 saturated carbocycles. The van der Waals surface area contributed by atoms with Crippen LogP contribution in [0.25, 0.3) is 0 Å². The summed E-state index contributed by atoms with van der Waals surface area (Å²) in [6.45, 7) is 0.314. The van der Waals surface area contributed by atoms with E-state index in [0.717, 1.165) is 20.9 Å².